The van der Waals surface area contributed by atoms with Crippen LogP contribution in [0.15, 0.2) is 24.3 Å². The molecule has 1 amide bonds. The number of ether oxygens (including phenoxy) is 1. The van der Waals surface area contributed by atoms with Gasteiger partial charge < -0.3 is 9.64 Å². The maximum atomic E-state index is 12.2. The fraction of sp³-hybridized carbons (Fsp3) is 0.533. The highest BCUT2D eigenvalue weighted by molar-refractivity contribution is 5.78. The Hall–Kier alpha value is -2.11. The summed E-state index contributed by atoms with van der Waals surface area (Å²) in [5.74, 6) is 0.444. The number of nitrogens with zero attached hydrogens (tertiary/aromatic N) is 2. The number of non-ortho nitro benzene ring substituents is 1. The predicted molar refractivity (Wildman–Crippen MR) is 78.2 cm³/mol. The Morgan fingerprint density at radius 1 is 1.33 bits per heavy atom. The summed E-state index contributed by atoms with van der Waals surface area (Å²) in [6.07, 6.45) is 4.49. The van der Waals surface area contributed by atoms with E-state index in [0.717, 1.165) is 12.8 Å². The third kappa shape index (κ3) is 3.93. The van der Waals surface area contributed by atoms with Crippen LogP contribution in [0.25, 0.3) is 0 Å². The number of nitro groups is 1. The molecule has 0 spiro atoms. The molecule has 0 aliphatic heterocycles. The molecule has 114 valence electrons. The highest BCUT2D eigenvalue weighted by Gasteiger charge is 2.25. The molecule has 0 aromatic heterocycles. The van der Waals surface area contributed by atoms with Crippen molar-refractivity contribution in [3.63, 3.8) is 0 Å². The number of carbonyl (C=O) groups excluding carboxylic acids is 1. The van der Waals surface area contributed by atoms with Gasteiger partial charge in [0, 0.05) is 24.7 Å². The Kier molecular flexibility index (Phi) is 5.14. The van der Waals surface area contributed by atoms with Crippen LogP contribution in [0.2, 0.25) is 0 Å². The number of amides is 1. The number of likely N-dealkylation sites (N-methyl/N-ethyl adjacent to an activating group) is 1. The summed E-state index contributed by atoms with van der Waals surface area (Å²) in [7, 11) is 0. The summed E-state index contributed by atoms with van der Waals surface area (Å²) in [6.45, 7) is 2.64. The largest absolute Gasteiger partial charge is 0.484 e. The molecule has 1 fully saturated rings. The first-order valence-electron chi connectivity index (χ1n) is 7.28. The highest BCUT2D eigenvalue weighted by Crippen LogP contribution is 2.23. The lowest BCUT2D eigenvalue weighted by Gasteiger charge is -2.27. The van der Waals surface area contributed by atoms with E-state index < -0.39 is 4.92 Å². The van der Waals surface area contributed by atoms with Crippen molar-refractivity contribution in [2.24, 2.45) is 0 Å². The molecule has 6 nitrogen and oxygen atoms in total. The first kappa shape index (κ1) is 15.3. The number of hydrogen-bond donors (Lipinski definition) is 0. The molecular weight excluding hydrogens is 272 g/mol. The van der Waals surface area contributed by atoms with Crippen LogP contribution in [0.5, 0.6) is 5.75 Å². The molecule has 2 rings (SSSR count). The number of hydrogen-bond acceptors (Lipinski definition) is 4. The number of nitro benzene ring substituents is 1. The smallest absolute Gasteiger partial charge is 0.269 e. The molecule has 0 radical (unpaired) electrons. The van der Waals surface area contributed by atoms with Crippen LogP contribution in [0.4, 0.5) is 5.69 Å². The lowest BCUT2D eigenvalue weighted by Crippen LogP contribution is -2.41. The Labute approximate surface area is 123 Å². The molecule has 1 aliphatic carbocycles. The van der Waals surface area contributed by atoms with Crippen LogP contribution in [-0.4, -0.2) is 34.9 Å². The standard InChI is InChI=1S/C15H20N2O4/c1-2-16(12-5-3-4-6-12)15(18)11-21-14-9-7-13(8-10-14)17(19)20/h7-10,12H,2-6,11H2,1H3. The van der Waals surface area contributed by atoms with E-state index in [4.69, 9.17) is 4.74 Å². The summed E-state index contributed by atoms with van der Waals surface area (Å²) in [4.78, 5) is 24.2. The Morgan fingerprint density at radius 3 is 2.48 bits per heavy atom. The topological polar surface area (TPSA) is 72.7 Å². The van der Waals surface area contributed by atoms with E-state index >= 15 is 0 Å². The highest BCUT2D eigenvalue weighted by atomic mass is 16.6. The fourth-order valence-electron chi connectivity index (χ4n) is 2.75. The average molecular weight is 292 g/mol. The van der Waals surface area contributed by atoms with Crippen LogP contribution >= 0.6 is 0 Å². The van der Waals surface area contributed by atoms with Crippen molar-refractivity contribution in [2.75, 3.05) is 13.2 Å². The summed E-state index contributed by atoms with van der Waals surface area (Å²) in [6, 6.07) is 6.10. The molecule has 1 aliphatic rings. The van der Waals surface area contributed by atoms with Crippen LogP contribution < -0.4 is 4.74 Å². The Morgan fingerprint density at radius 2 is 1.95 bits per heavy atom. The predicted octanol–water partition coefficient (Wildman–Crippen LogP) is 2.76. The third-order valence-corrected chi connectivity index (χ3v) is 3.84. The van der Waals surface area contributed by atoms with Gasteiger partial charge >= 0.3 is 0 Å². The van der Waals surface area contributed by atoms with Gasteiger partial charge in [-0.3, -0.25) is 14.9 Å². The maximum absolute atomic E-state index is 12.2. The summed E-state index contributed by atoms with van der Waals surface area (Å²) >= 11 is 0. The van der Waals surface area contributed by atoms with Crippen molar-refractivity contribution in [1.82, 2.24) is 4.90 Å². The van der Waals surface area contributed by atoms with Crippen molar-refractivity contribution in [3.8, 4) is 5.75 Å². The fourth-order valence-corrected chi connectivity index (χ4v) is 2.75. The van der Waals surface area contributed by atoms with Gasteiger partial charge in [-0.25, -0.2) is 0 Å². The monoisotopic (exact) mass is 292 g/mol. The lowest BCUT2D eigenvalue weighted by molar-refractivity contribution is -0.384. The van der Waals surface area contributed by atoms with Crippen LogP contribution in [0.3, 0.4) is 0 Å². The van der Waals surface area contributed by atoms with Crippen molar-refractivity contribution in [2.45, 2.75) is 38.6 Å². The molecule has 0 N–H and O–H groups in total. The lowest BCUT2D eigenvalue weighted by atomic mass is 10.2. The second kappa shape index (κ2) is 7.06. The van der Waals surface area contributed by atoms with E-state index in [9.17, 15) is 14.9 Å². The first-order chi connectivity index (χ1) is 10.1. The van der Waals surface area contributed by atoms with E-state index in [0.29, 0.717) is 18.3 Å². The van der Waals surface area contributed by atoms with E-state index in [2.05, 4.69) is 0 Å². The van der Waals surface area contributed by atoms with Gasteiger partial charge in [0.05, 0.1) is 4.92 Å². The van der Waals surface area contributed by atoms with Crippen LogP contribution in [0.1, 0.15) is 32.6 Å². The van der Waals surface area contributed by atoms with E-state index in [1.165, 1.54) is 37.1 Å². The minimum absolute atomic E-state index is 0.00909. The van der Waals surface area contributed by atoms with Crippen molar-refractivity contribution in [1.29, 1.82) is 0 Å². The normalized spacial score (nSPS) is 14.9. The molecule has 0 unspecified atom stereocenters. The molecule has 0 heterocycles. The molecule has 1 aromatic rings. The SMILES string of the molecule is CCN(C(=O)COc1ccc([N+](=O)[O-])cc1)C1CCCC1. The van der Waals surface area contributed by atoms with Gasteiger partial charge in [0.15, 0.2) is 6.61 Å². The molecule has 0 bridgehead atoms. The maximum Gasteiger partial charge on any atom is 0.269 e. The van der Waals surface area contributed by atoms with Gasteiger partial charge in [0.1, 0.15) is 5.75 Å². The van der Waals surface area contributed by atoms with Gasteiger partial charge in [-0.05, 0) is 31.9 Å². The van der Waals surface area contributed by atoms with Crippen molar-refractivity contribution < 1.29 is 14.5 Å². The van der Waals surface area contributed by atoms with E-state index in [1.54, 1.807) is 0 Å². The van der Waals surface area contributed by atoms with Gasteiger partial charge in [-0.15, -0.1) is 0 Å². The molecular formula is C15H20N2O4. The number of rotatable bonds is 6. The molecule has 0 saturated heterocycles. The average Bonchev–Trinajstić information content (AvgIpc) is 3.00. The van der Waals surface area contributed by atoms with Crippen LogP contribution in [-0.2, 0) is 4.79 Å². The van der Waals surface area contributed by atoms with E-state index in [1.807, 2.05) is 11.8 Å². The quantitative estimate of drug-likeness (QED) is 0.597. The van der Waals surface area contributed by atoms with Gasteiger partial charge in [0.2, 0.25) is 0 Å². The first-order valence-corrected chi connectivity index (χ1v) is 7.28. The number of benzene rings is 1. The molecule has 1 aromatic carbocycles. The minimum atomic E-state index is -0.464. The second-order valence-electron chi connectivity index (χ2n) is 5.16. The second-order valence-corrected chi connectivity index (χ2v) is 5.16. The summed E-state index contributed by atoms with van der Waals surface area (Å²) in [5.41, 5.74) is 0.00909. The van der Waals surface area contributed by atoms with Crippen molar-refractivity contribution >= 4 is 11.6 Å². The number of carbonyl (C=O) groups is 1. The van der Waals surface area contributed by atoms with Crippen molar-refractivity contribution in [3.05, 3.63) is 34.4 Å². The zero-order valence-electron chi connectivity index (χ0n) is 12.2. The van der Waals surface area contributed by atoms with E-state index in [-0.39, 0.29) is 18.2 Å². The van der Waals surface area contributed by atoms with Gasteiger partial charge in [-0.1, -0.05) is 12.8 Å². The Balaban J connectivity index is 1.88. The minimum Gasteiger partial charge on any atom is -0.484 e. The zero-order valence-corrected chi connectivity index (χ0v) is 12.2. The molecule has 21 heavy (non-hydrogen) atoms. The molecule has 0 atom stereocenters. The summed E-state index contributed by atoms with van der Waals surface area (Å²) in [5, 5.41) is 10.6. The zero-order chi connectivity index (χ0) is 15.2. The van der Waals surface area contributed by atoms with Gasteiger partial charge in [-0.2, -0.15) is 0 Å². The van der Waals surface area contributed by atoms with Crippen LogP contribution in [0, 0.1) is 10.1 Å². The van der Waals surface area contributed by atoms with Gasteiger partial charge in [0.25, 0.3) is 11.6 Å². The summed E-state index contributed by atoms with van der Waals surface area (Å²) < 4.78 is 5.43. The third-order valence-electron chi connectivity index (χ3n) is 3.84. The Bertz CT molecular complexity index is 495. The molecule has 6 heteroatoms. The molecule has 1 saturated carbocycles.